The van der Waals surface area contributed by atoms with Crippen molar-refractivity contribution in [2.24, 2.45) is 0 Å². The van der Waals surface area contributed by atoms with Crippen molar-refractivity contribution in [3.05, 3.63) is 5.69 Å². The molecule has 6 heteroatoms. The molecular formula is C13H25N5O. The highest BCUT2D eigenvalue weighted by Crippen LogP contribution is 2.25. The number of amides is 1. The van der Waals surface area contributed by atoms with Gasteiger partial charge in [0.2, 0.25) is 5.91 Å². The molecular weight excluding hydrogens is 242 g/mol. The Hall–Kier alpha value is -1.72. The molecule has 0 spiro atoms. The molecule has 0 fully saturated rings. The molecule has 6 nitrogen and oxygen atoms in total. The van der Waals surface area contributed by atoms with Crippen molar-refractivity contribution in [2.75, 3.05) is 30.7 Å². The molecule has 0 saturated heterocycles. The van der Waals surface area contributed by atoms with E-state index in [-0.39, 0.29) is 18.5 Å². The van der Waals surface area contributed by atoms with Gasteiger partial charge in [-0.25, -0.2) is 4.68 Å². The second-order valence-electron chi connectivity index (χ2n) is 4.81. The first-order valence-electron chi connectivity index (χ1n) is 6.78. The van der Waals surface area contributed by atoms with E-state index in [1.165, 1.54) is 0 Å². The smallest absolute Gasteiger partial charge is 0.241 e. The molecule has 0 aromatic carbocycles. The van der Waals surface area contributed by atoms with Crippen LogP contribution < -0.4 is 11.1 Å². The van der Waals surface area contributed by atoms with Gasteiger partial charge in [-0.1, -0.05) is 0 Å². The zero-order chi connectivity index (χ0) is 14.6. The first-order chi connectivity index (χ1) is 8.92. The number of hydrogen-bond acceptors (Lipinski definition) is 4. The molecule has 1 aromatic rings. The molecule has 0 aliphatic carbocycles. The fourth-order valence-corrected chi connectivity index (χ4v) is 1.96. The molecule has 1 rings (SSSR count). The molecule has 0 aliphatic rings. The summed E-state index contributed by atoms with van der Waals surface area (Å²) in [4.78, 5) is 13.8. The maximum absolute atomic E-state index is 12.0. The number of aryl methyl sites for hydroxylation is 1. The molecule has 1 aromatic heterocycles. The summed E-state index contributed by atoms with van der Waals surface area (Å²) in [6.07, 6.45) is 0. The minimum atomic E-state index is 0.0681. The number of nitrogens with one attached hydrogen (secondary N) is 1. The molecule has 19 heavy (non-hydrogen) atoms. The standard InChI is InChI=1S/C13H25N5O/c1-6-17(7-2)11(19)8-15-13-12(14)10(5)16-18(13)9(3)4/h9,15H,6-8,14H2,1-5H3. The van der Waals surface area contributed by atoms with Gasteiger partial charge >= 0.3 is 0 Å². The summed E-state index contributed by atoms with van der Waals surface area (Å²) >= 11 is 0. The lowest BCUT2D eigenvalue weighted by Crippen LogP contribution is -2.35. The summed E-state index contributed by atoms with van der Waals surface area (Å²) < 4.78 is 1.82. The predicted octanol–water partition coefficient (Wildman–Crippen LogP) is 1.63. The van der Waals surface area contributed by atoms with Gasteiger partial charge in [0.15, 0.2) is 0 Å². The van der Waals surface area contributed by atoms with E-state index in [2.05, 4.69) is 10.4 Å². The number of likely N-dealkylation sites (N-methyl/N-ethyl adjacent to an activating group) is 1. The van der Waals surface area contributed by atoms with Gasteiger partial charge < -0.3 is 16.0 Å². The van der Waals surface area contributed by atoms with Crippen molar-refractivity contribution in [1.82, 2.24) is 14.7 Å². The van der Waals surface area contributed by atoms with E-state index in [0.29, 0.717) is 5.69 Å². The van der Waals surface area contributed by atoms with Crippen LogP contribution in [0.25, 0.3) is 0 Å². The third-order valence-electron chi connectivity index (χ3n) is 3.14. The third-order valence-corrected chi connectivity index (χ3v) is 3.14. The van der Waals surface area contributed by atoms with Crippen LogP contribution in [0.2, 0.25) is 0 Å². The summed E-state index contributed by atoms with van der Waals surface area (Å²) in [6.45, 7) is 11.5. The molecule has 1 amide bonds. The van der Waals surface area contributed by atoms with Gasteiger partial charge in [-0.05, 0) is 34.6 Å². The molecule has 1 heterocycles. The van der Waals surface area contributed by atoms with E-state index in [9.17, 15) is 4.79 Å². The number of aromatic nitrogens is 2. The van der Waals surface area contributed by atoms with E-state index >= 15 is 0 Å². The highest BCUT2D eigenvalue weighted by atomic mass is 16.2. The minimum absolute atomic E-state index is 0.0681. The lowest BCUT2D eigenvalue weighted by atomic mass is 10.3. The SMILES string of the molecule is CCN(CC)C(=O)CNc1c(N)c(C)nn1C(C)C. The van der Waals surface area contributed by atoms with Crippen LogP contribution in [0.15, 0.2) is 0 Å². The maximum Gasteiger partial charge on any atom is 0.241 e. The van der Waals surface area contributed by atoms with Gasteiger partial charge in [-0.2, -0.15) is 5.10 Å². The zero-order valence-electron chi connectivity index (χ0n) is 12.5. The Morgan fingerprint density at radius 1 is 1.42 bits per heavy atom. The largest absolute Gasteiger partial charge is 0.394 e. The normalized spacial score (nSPS) is 10.8. The second-order valence-corrected chi connectivity index (χ2v) is 4.81. The average Bonchev–Trinajstić information content (AvgIpc) is 2.65. The highest BCUT2D eigenvalue weighted by molar-refractivity contribution is 5.82. The van der Waals surface area contributed by atoms with Crippen LogP contribution in [0.5, 0.6) is 0 Å². The third kappa shape index (κ3) is 3.39. The zero-order valence-corrected chi connectivity index (χ0v) is 12.5. The highest BCUT2D eigenvalue weighted by Gasteiger charge is 2.16. The number of nitrogen functional groups attached to an aromatic ring is 1. The van der Waals surface area contributed by atoms with Crippen LogP contribution in [0.4, 0.5) is 11.5 Å². The summed E-state index contributed by atoms with van der Waals surface area (Å²) in [5.74, 6) is 0.798. The number of rotatable bonds is 6. The first kappa shape index (κ1) is 15.3. The Morgan fingerprint density at radius 3 is 2.47 bits per heavy atom. The van der Waals surface area contributed by atoms with E-state index in [0.717, 1.165) is 24.6 Å². The number of nitrogens with two attached hydrogens (primary N) is 1. The van der Waals surface area contributed by atoms with Crippen molar-refractivity contribution >= 4 is 17.4 Å². The second kappa shape index (κ2) is 6.45. The van der Waals surface area contributed by atoms with E-state index < -0.39 is 0 Å². The van der Waals surface area contributed by atoms with Crippen LogP contribution >= 0.6 is 0 Å². The Balaban J connectivity index is 2.80. The number of nitrogens with zero attached hydrogens (tertiary/aromatic N) is 3. The first-order valence-corrected chi connectivity index (χ1v) is 6.78. The molecule has 108 valence electrons. The van der Waals surface area contributed by atoms with Crippen LogP contribution in [0.1, 0.15) is 39.4 Å². The quantitative estimate of drug-likeness (QED) is 0.821. The minimum Gasteiger partial charge on any atom is -0.394 e. The predicted molar refractivity (Wildman–Crippen MR) is 78.2 cm³/mol. The van der Waals surface area contributed by atoms with Gasteiger partial charge in [-0.3, -0.25) is 4.79 Å². The van der Waals surface area contributed by atoms with Crippen LogP contribution in [-0.2, 0) is 4.79 Å². The Labute approximate surface area is 114 Å². The molecule has 3 N–H and O–H groups in total. The number of carbonyl (C=O) groups excluding carboxylic acids is 1. The van der Waals surface area contributed by atoms with Gasteiger partial charge in [0.25, 0.3) is 0 Å². The fraction of sp³-hybridized carbons (Fsp3) is 0.692. The van der Waals surface area contributed by atoms with Gasteiger partial charge in [-0.15, -0.1) is 0 Å². The Bertz CT molecular complexity index is 434. The molecule has 0 atom stereocenters. The number of hydrogen-bond donors (Lipinski definition) is 2. The molecule has 0 saturated carbocycles. The van der Waals surface area contributed by atoms with Crippen molar-refractivity contribution in [3.63, 3.8) is 0 Å². The van der Waals surface area contributed by atoms with Gasteiger partial charge in [0, 0.05) is 19.1 Å². The van der Waals surface area contributed by atoms with E-state index in [1.807, 2.05) is 39.3 Å². The molecule has 0 radical (unpaired) electrons. The Kier molecular flexibility index (Phi) is 5.20. The fourth-order valence-electron chi connectivity index (χ4n) is 1.96. The number of carbonyl (C=O) groups is 1. The lowest BCUT2D eigenvalue weighted by Gasteiger charge is -2.20. The van der Waals surface area contributed by atoms with Crippen LogP contribution in [-0.4, -0.2) is 40.2 Å². The van der Waals surface area contributed by atoms with Crippen molar-refractivity contribution in [3.8, 4) is 0 Å². The van der Waals surface area contributed by atoms with Gasteiger partial charge in [0.1, 0.15) is 5.82 Å². The topological polar surface area (TPSA) is 76.2 Å². The summed E-state index contributed by atoms with van der Waals surface area (Å²) in [7, 11) is 0. The van der Waals surface area contributed by atoms with Gasteiger partial charge in [0.05, 0.1) is 17.9 Å². The van der Waals surface area contributed by atoms with Crippen LogP contribution in [0.3, 0.4) is 0 Å². The molecule has 0 bridgehead atoms. The van der Waals surface area contributed by atoms with E-state index in [4.69, 9.17) is 5.73 Å². The van der Waals surface area contributed by atoms with E-state index in [1.54, 1.807) is 4.90 Å². The number of anilines is 2. The summed E-state index contributed by atoms with van der Waals surface area (Å²) in [6, 6.07) is 0.196. The summed E-state index contributed by atoms with van der Waals surface area (Å²) in [5.41, 5.74) is 7.39. The monoisotopic (exact) mass is 267 g/mol. The average molecular weight is 267 g/mol. The lowest BCUT2D eigenvalue weighted by molar-refractivity contribution is -0.128. The molecule has 0 aliphatic heterocycles. The maximum atomic E-state index is 12.0. The summed E-state index contributed by atoms with van der Waals surface area (Å²) in [5, 5.41) is 7.49. The molecule has 0 unspecified atom stereocenters. The van der Waals surface area contributed by atoms with Crippen molar-refractivity contribution in [1.29, 1.82) is 0 Å². The van der Waals surface area contributed by atoms with Crippen molar-refractivity contribution < 1.29 is 4.79 Å². The van der Waals surface area contributed by atoms with Crippen molar-refractivity contribution in [2.45, 2.75) is 40.7 Å². The Morgan fingerprint density at radius 2 is 2.00 bits per heavy atom. The van der Waals surface area contributed by atoms with Crippen LogP contribution in [0, 0.1) is 6.92 Å².